The monoisotopic (exact) mass is 447 g/mol. The number of carbonyl (C=O) groups excluding carboxylic acids is 4. The van der Waals surface area contributed by atoms with Crippen molar-refractivity contribution in [2.75, 3.05) is 43.5 Å². The number of anilines is 1. The molecule has 0 aromatic heterocycles. The average Bonchev–Trinajstić information content (AvgIpc) is 3.17. The largest absolute Gasteiger partial charge is 0.464 e. The van der Waals surface area contributed by atoms with Crippen molar-refractivity contribution in [1.82, 2.24) is 9.80 Å². The van der Waals surface area contributed by atoms with Gasteiger partial charge in [0.2, 0.25) is 11.8 Å². The van der Waals surface area contributed by atoms with E-state index in [0.29, 0.717) is 31.7 Å². The first-order chi connectivity index (χ1) is 15.0. The van der Waals surface area contributed by atoms with E-state index in [1.54, 1.807) is 16.7 Å². The minimum Gasteiger partial charge on any atom is -0.464 e. The molecule has 0 unspecified atom stereocenters. The third kappa shape index (κ3) is 4.34. The molecule has 0 N–H and O–H groups in total. The van der Waals surface area contributed by atoms with E-state index in [0.717, 1.165) is 10.6 Å². The maximum Gasteiger partial charge on any atom is 0.410 e. The Labute approximate surface area is 184 Å². The van der Waals surface area contributed by atoms with Crippen molar-refractivity contribution in [2.45, 2.75) is 36.7 Å². The van der Waals surface area contributed by atoms with E-state index in [4.69, 9.17) is 9.47 Å². The fourth-order valence-corrected chi connectivity index (χ4v) is 5.15. The van der Waals surface area contributed by atoms with Crippen LogP contribution in [0.4, 0.5) is 10.5 Å². The first-order valence-electron chi connectivity index (χ1n) is 10.4. The molecule has 3 amide bonds. The highest BCUT2D eigenvalue weighted by molar-refractivity contribution is 8.00. The second kappa shape index (κ2) is 9.17. The highest BCUT2D eigenvalue weighted by atomic mass is 32.2. The van der Waals surface area contributed by atoms with Gasteiger partial charge in [0, 0.05) is 24.0 Å². The molecular formula is C21H25N3O6S. The molecule has 4 rings (SSSR count). The Morgan fingerprint density at radius 3 is 2.68 bits per heavy atom. The number of hydrogen-bond acceptors (Lipinski definition) is 7. The first kappa shape index (κ1) is 21.5. The van der Waals surface area contributed by atoms with Gasteiger partial charge in [-0.3, -0.25) is 14.5 Å². The molecule has 0 saturated carbocycles. The van der Waals surface area contributed by atoms with Crippen LogP contribution in [-0.2, 0) is 23.9 Å². The molecule has 2 fully saturated rings. The van der Waals surface area contributed by atoms with Crippen molar-refractivity contribution < 1.29 is 28.7 Å². The maximum atomic E-state index is 12.9. The quantitative estimate of drug-likeness (QED) is 0.631. The number of thioether (sulfide) groups is 1. The lowest BCUT2D eigenvalue weighted by Crippen LogP contribution is -2.53. The van der Waals surface area contributed by atoms with Crippen LogP contribution in [0.2, 0.25) is 0 Å². The molecule has 1 atom stereocenters. The Balaban J connectivity index is 1.37. The van der Waals surface area contributed by atoms with Crippen LogP contribution in [0.15, 0.2) is 29.2 Å². The number of cyclic esters (lactones) is 1. The molecular weight excluding hydrogens is 422 g/mol. The molecule has 166 valence electrons. The van der Waals surface area contributed by atoms with Gasteiger partial charge in [0.1, 0.15) is 13.2 Å². The number of piperidine rings is 1. The van der Waals surface area contributed by atoms with Crippen LogP contribution in [0.25, 0.3) is 0 Å². The fraction of sp³-hybridized carbons (Fsp3) is 0.524. The highest BCUT2D eigenvalue weighted by Gasteiger charge is 2.44. The number of ether oxygens (including phenoxy) is 2. The Morgan fingerprint density at radius 1 is 1.19 bits per heavy atom. The Morgan fingerprint density at radius 2 is 1.94 bits per heavy atom. The summed E-state index contributed by atoms with van der Waals surface area (Å²) in [5.74, 6) is -0.353. The van der Waals surface area contributed by atoms with Crippen molar-refractivity contribution in [3.05, 3.63) is 24.3 Å². The van der Waals surface area contributed by atoms with Gasteiger partial charge in [-0.05, 0) is 31.9 Å². The molecule has 2 saturated heterocycles. The van der Waals surface area contributed by atoms with E-state index in [9.17, 15) is 19.2 Å². The summed E-state index contributed by atoms with van der Waals surface area (Å²) in [6.45, 7) is 2.83. The van der Waals surface area contributed by atoms with Crippen LogP contribution < -0.4 is 4.90 Å². The summed E-state index contributed by atoms with van der Waals surface area (Å²) in [5.41, 5.74) is 0.768. The summed E-state index contributed by atoms with van der Waals surface area (Å²) in [6.07, 6.45) is 0.560. The number of carbonyl (C=O) groups is 4. The van der Waals surface area contributed by atoms with Crippen molar-refractivity contribution >= 4 is 41.3 Å². The number of amides is 3. The highest BCUT2D eigenvalue weighted by Crippen LogP contribution is 2.35. The predicted octanol–water partition coefficient (Wildman–Crippen LogP) is 1.50. The zero-order valence-electron chi connectivity index (χ0n) is 17.3. The Hall–Kier alpha value is -2.75. The van der Waals surface area contributed by atoms with Gasteiger partial charge in [-0.15, -0.1) is 11.8 Å². The molecule has 9 nitrogen and oxygen atoms in total. The third-order valence-electron chi connectivity index (χ3n) is 5.78. The number of fused-ring (bicyclic) bond motifs is 1. The summed E-state index contributed by atoms with van der Waals surface area (Å²) in [6, 6.07) is 6.65. The standard InChI is InChI=1S/C21H25N3O6S/c1-2-29-20(27)16-12-30-21(28)24(16)14-7-9-22(10-8-14)18(25)11-23-15-5-3-4-6-17(15)31-13-19(23)26/h3-6,14,16H,2,7-13H2,1H3/t16-/m0/s1. The van der Waals surface area contributed by atoms with Gasteiger partial charge in [0.05, 0.1) is 18.0 Å². The van der Waals surface area contributed by atoms with Crippen molar-refractivity contribution in [3.63, 3.8) is 0 Å². The number of benzene rings is 1. The second-order valence-corrected chi connectivity index (χ2v) is 8.62. The summed E-state index contributed by atoms with van der Waals surface area (Å²) in [5, 5.41) is 0. The smallest absolute Gasteiger partial charge is 0.410 e. The van der Waals surface area contributed by atoms with Crippen LogP contribution in [0.5, 0.6) is 0 Å². The van der Waals surface area contributed by atoms with Crippen LogP contribution in [0.3, 0.4) is 0 Å². The minimum atomic E-state index is -0.736. The second-order valence-electron chi connectivity index (χ2n) is 7.60. The number of rotatable bonds is 5. The average molecular weight is 448 g/mol. The van der Waals surface area contributed by atoms with Gasteiger partial charge in [-0.2, -0.15) is 0 Å². The molecule has 3 aliphatic heterocycles. The zero-order valence-corrected chi connectivity index (χ0v) is 18.1. The van der Waals surface area contributed by atoms with Gasteiger partial charge in [-0.1, -0.05) is 12.1 Å². The van der Waals surface area contributed by atoms with E-state index in [-0.39, 0.29) is 37.6 Å². The third-order valence-corrected chi connectivity index (χ3v) is 6.83. The molecule has 3 aliphatic rings. The lowest BCUT2D eigenvalue weighted by Gasteiger charge is -2.38. The van der Waals surface area contributed by atoms with E-state index in [2.05, 4.69) is 0 Å². The molecule has 10 heteroatoms. The van der Waals surface area contributed by atoms with E-state index < -0.39 is 18.1 Å². The van der Waals surface area contributed by atoms with Gasteiger partial charge >= 0.3 is 12.1 Å². The number of para-hydroxylation sites is 1. The number of esters is 1. The van der Waals surface area contributed by atoms with Crippen LogP contribution in [0, 0.1) is 0 Å². The van der Waals surface area contributed by atoms with Crippen molar-refractivity contribution in [2.24, 2.45) is 0 Å². The first-order valence-corrected chi connectivity index (χ1v) is 11.4. The zero-order chi connectivity index (χ0) is 22.0. The molecule has 0 radical (unpaired) electrons. The summed E-state index contributed by atoms with van der Waals surface area (Å²) in [7, 11) is 0. The SMILES string of the molecule is CCOC(=O)[C@@H]1COC(=O)N1C1CCN(C(=O)CN2C(=O)CSc3ccccc32)CC1. The van der Waals surface area contributed by atoms with Gasteiger partial charge in [0.15, 0.2) is 6.04 Å². The lowest BCUT2D eigenvalue weighted by atomic mass is 10.0. The summed E-state index contributed by atoms with van der Waals surface area (Å²) < 4.78 is 10.1. The Bertz CT molecular complexity index is 886. The van der Waals surface area contributed by atoms with Crippen LogP contribution in [0.1, 0.15) is 19.8 Å². The molecule has 31 heavy (non-hydrogen) atoms. The topological polar surface area (TPSA) is 96.5 Å². The normalized spacial score (nSPS) is 21.7. The summed E-state index contributed by atoms with van der Waals surface area (Å²) in [4.78, 5) is 55.4. The number of hydrogen-bond donors (Lipinski definition) is 0. The van der Waals surface area contributed by atoms with E-state index in [1.165, 1.54) is 16.7 Å². The van der Waals surface area contributed by atoms with Gasteiger partial charge in [0.25, 0.3) is 0 Å². The molecule has 1 aromatic rings. The van der Waals surface area contributed by atoms with E-state index >= 15 is 0 Å². The van der Waals surface area contributed by atoms with Crippen LogP contribution >= 0.6 is 11.8 Å². The maximum absolute atomic E-state index is 12.9. The molecule has 0 spiro atoms. The molecule has 3 heterocycles. The molecule has 0 aliphatic carbocycles. The fourth-order valence-electron chi connectivity index (χ4n) is 4.21. The molecule has 1 aromatic carbocycles. The van der Waals surface area contributed by atoms with Gasteiger partial charge < -0.3 is 19.3 Å². The van der Waals surface area contributed by atoms with E-state index in [1.807, 2.05) is 24.3 Å². The van der Waals surface area contributed by atoms with Gasteiger partial charge in [-0.25, -0.2) is 9.59 Å². The summed E-state index contributed by atoms with van der Waals surface area (Å²) >= 11 is 1.48. The molecule has 0 bridgehead atoms. The number of nitrogens with zero attached hydrogens (tertiary/aromatic N) is 3. The lowest BCUT2D eigenvalue weighted by molar-refractivity contribution is -0.148. The predicted molar refractivity (Wildman–Crippen MR) is 113 cm³/mol. The van der Waals surface area contributed by atoms with Crippen molar-refractivity contribution in [3.8, 4) is 0 Å². The minimum absolute atomic E-state index is 0.00171. The van der Waals surface area contributed by atoms with Crippen LogP contribution in [-0.4, -0.2) is 84.4 Å². The Kier molecular flexibility index (Phi) is 6.35. The van der Waals surface area contributed by atoms with Crippen molar-refractivity contribution in [1.29, 1.82) is 0 Å². The number of likely N-dealkylation sites (tertiary alicyclic amines) is 1.